The van der Waals surface area contributed by atoms with Crippen LogP contribution in [0.4, 0.5) is 0 Å². The van der Waals surface area contributed by atoms with Gasteiger partial charge in [-0.25, -0.2) is 0 Å². The van der Waals surface area contributed by atoms with E-state index in [1.54, 1.807) is 0 Å². The fourth-order valence-corrected chi connectivity index (χ4v) is 3.96. The lowest BCUT2D eigenvalue weighted by Crippen LogP contribution is -2.48. The summed E-state index contributed by atoms with van der Waals surface area (Å²) in [5.41, 5.74) is 2.49. The summed E-state index contributed by atoms with van der Waals surface area (Å²) < 4.78 is 0. The minimum atomic E-state index is -0.158. The molecule has 3 unspecified atom stereocenters. The summed E-state index contributed by atoms with van der Waals surface area (Å²) in [5, 5.41) is 3.42. The first-order valence-electron chi connectivity index (χ1n) is 8.26. The number of fused-ring (bicyclic) bond motifs is 1. The van der Waals surface area contributed by atoms with Crippen molar-refractivity contribution in [1.29, 1.82) is 0 Å². The van der Waals surface area contributed by atoms with Crippen LogP contribution in [-0.2, 0) is 11.2 Å². The molecule has 0 bridgehead atoms. The molecule has 0 spiro atoms. The van der Waals surface area contributed by atoms with E-state index in [0.29, 0.717) is 12.0 Å². The van der Waals surface area contributed by atoms with Gasteiger partial charge in [0, 0.05) is 19.6 Å². The van der Waals surface area contributed by atoms with Gasteiger partial charge in [-0.2, -0.15) is 0 Å². The topological polar surface area (TPSA) is 32.3 Å². The average molecular weight is 286 g/mol. The fraction of sp³-hybridized carbons (Fsp3) is 0.611. The summed E-state index contributed by atoms with van der Waals surface area (Å²) in [6.45, 7) is 3.18. The number of hydrogen-bond donors (Lipinski definition) is 1. The first kappa shape index (κ1) is 14.6. The second-order valence-electron chi connectivity index (χ2n) is 6.61. The molecule has 1 heterocycles. The maximum absolute atomic E-state index is 13.0. The maximum Gasteiger partial charge on any atom is 0.244 e. The Morgan fingerprint density at radius 3 is 2.81 bits per heavy atom. The molecule has 0 aromatic heterocycles. The summed E-state index contributed by atoms with van der Waals surface area (Å²) in [7, 11) is 1.99. The second-order valence-corrected chi connectivity index (χ2v) is 6.61. The molecule has 1 aromatic rings. The molecule has 1 aromatic carbocycles. The van der Waals surface area contributed by atoms with Crippen LogP contribution in [0.2, 0.25) is 0 Å². The number of nitrogens with one attached hydrogen (secondary N) is 1. The summed E-state index contributed by atoms with van der Waals surface area (Å²) in [5.74, 6) is 0.854. The van der Waals surface area contributed by atoms with Crippen molar-refractivity contribution < 1.29 is 4.79 Å². The van der Waals surface area contributed by atoms with Crippen molar-refractivity contribution in [1.82, 2.24) is 10.2 Å². The van der Waals surface area contributed by atoms with Crippen molar-refractivity contribution in [2.75, 3.05) is 13.6 Å². The lowest BCUT2D eigenvalue weighted by Gasteiger charge is -2.39. The molecule has 1 aliphatic carbocycles. The lowest BCUT2D eigenvalue weighted by atomic mass is 9.84. The molecule has 114 valence electrons. The molecule has 1 saturated carbocycles. The number of amides is 1. The van der Waals surface area contributed by atoms with Crippen LogP contribution in [0.25, 0.3) is 0 Å². The third-order valence-corrected chi connectivity index (χ3v) is 5.27. The summed E-state index contributed by atoms with van der Waals surface area (Å²) in [6, 6.07) is 8.60. The van der Waals surface area contributed by atoms with Gasteiger partial charge < -0.3 is 10.2 Å². The molecule has 3 nitrogen and oxygen atoms in total. The largest absolute Gasteiger partial charge is 0.341 e. The van der Waals surface area contributed by atoms with Gasteiger partial charge in [0.15, 0.2) is 0 Å². The molecule has 21 heavy (non-hydrogen) atoms. The van der Waals surface area contributed by atoms with E-state index in [1.807, 2.05) is 18.0 Å². The standard InChI is InChI=1S/C18H26N2O/c1-13-7-3-6-10-16(13)20(2)18(21)17-15-9-5-4-8-14(15)11-12-19-17/h4-5,8-9,13,16-17,19H,3,6-7,10-12H2,1-2H3. The summed E-state index contributed by atoms with van der Waals surface area (Å²) in [4.78, 5) is 15.0. The first-order valence-corrected chi connectivity index (χ1v) is 8.26. The summed E-state index contributed by atoms with van der Waals surface area (Å²) in [6.07, 6.45) is 5.98. The predicted octanol–water partition coefficient (Wildman–Crippen LogP) is 2.91. The Balaban J connectivity index is 1.79. The van der Waals surface area contributed by atoms with Crippen LogP contribution in [-0.4, -0.2) is 30.4 Å². The van der Waals surface area contributed by atoms with Gasteiger partial charge in [-0.05, 0) is 36.3 Å². The highest BCUT2D eigenvalue weighted by molar-refractivity contribution is 5.84. The predicted molar refractivity (Wildman–Crippen MR) is 85.1 cm³/mol. The third kappa shape index (κ3) is 2.84. The molecule has 1 aliphatic heterocycles. The normalized spacial score (nSPS) is 28.8. The monoisotopic (exact) mass is 286 g/mol. The highest BCUT2D eigenvalue weighted by Crippen LogP contribution is 2.30. The molecule has 1 N–H and O–H groups in total. The van der Waals surface area contributed by atoms with Gasteiger partial charge in [0.05, 0.1) is 0 Å². The van der Waals surface area contributed by atoms with E-state index in [0.717, 1.165) is 19.4 Å². The fourth-order valence-electron chi connectivity index (χ4n) is 3.96. The van der Waals surface area contributed by atoms with Gasteiger partial charge in [-0.1, -0.05) is 44.0 Å². The number of carbonyl (C=O) groups excluding carboxylic acids is 1. The Kier molecular flexibility index (Phi) is 4.29. The lowest BCUT2D eigenvalue weighted by molar-refractivity contribution is -0.136. The zero-order valence-corrected chi connectivity index (χ0v) is 13.1. The van der Waals surface area contributed by atoms with E-state index in [4.69, 9.17) is 0 Å². The van der Waals surface area contributed by atoms with E-state index >= 15 is 0 Å². The summed E-state index contributed by atoms with van der Waals surface area (Å²) >= 11 is 0. The Hall–Kier alpha value is -1.35. The van der Waals surface area contributed by atoms with E-state index in [9.17, 15) is 4.79 Å². The van der Waals surface area contributed by atoms with Gasteiger partial charge in [0.2, 0.25) is 5.91 Å². The molecule has 0 saturated heterocycles. The smallest absolute Gasteiger partial charge is 0.244 e. The molecule has 1 fully saturated rings. The van der Waals surface area contributed by atoms with Crippen molar-refractivity contribution in [3.8, 4) is 0 Å². The zero-order valence-electron chi connectivity index (χ0n) is 13.1. The van der Waals surface area contributed by atoms with Crippen molar-refractivity contribution in [3.05, 3.63) is 35.4 Å². The van der Waals surface area contributed by atoms with Crippen LogP contribution < -0.4 is 5.32 Å². The van der Waals surface area contributed by atoms with Crippen LogP contribution in [0.5, 0.6) is 0 Å². The van der Waals surface area contributed by atoms with Crippen LogP contribution >= 0.6 is 0 Å². The average Bonchev–Trinajstić information content (AvgIpc) is 2.53. The minimum absolute atomic E-state index is 0.158. The minimum Gasteiger partial charge on any atom is -0.341 e. The number of rotatable bonds is 2. The van der Waals surface area contributed by atoms with Crippen molar-refractivity contribution in [2.24, 2.45) is 5.92 Å². The highest BCUT2D eigenvalue weighted by Gasteiger charge is 2.33. The van der Waals surface area contributed by atoms with E-state index in [1.165, 1.54) is 30.4 Å². The highest BCUT2D eigenvalue weighted by atomic mass is 16.2. The van der Waals surface area contributed by atoms with Crippen LogP contribution in [0.3, 0.4) is 0 Å². The SMILES string of the molecule is CC1CCCCC1N(C)C(=O)C1NCCc2ccccc21. The Morgan fingerprint density at radius 1 is 1.24 bits per heavy atom. The van der Waals surface area contributed by atoms with E-state index in [-0.39, 0.29) is 11.9 Å². The van der Waals surface area contributed by atoms with Crippen LogP contribution in [0.1, 0.15) is 49.8 Å². The zero-order chi connectivity index (χ0) is 14.8. The second kappa shape index (κ2) is 6.18. The first-order chi connectivity index (χ1) is 10.2. The Morgan fingerprint density at radius 2 is 2.00 bits per heavy atom. The van der Waals surface area contributed by atoms with Gasteiger partial charge in [0.1, 0.15) is 6.04 Å². The molecule has 3 atom stereocenters. The van der Waals surface area contributed by atoms with Gasteiger partial charge >= 0.3 is 0 Å². The number of hydrogen-bond acceptors (Lipinski definition) is 2. The number of benzene rings is 1. The molecule has 3 heteroatoms. The van der Waals surface area contributed by atoms with Crippen LogP contribution in [0, 0.1) is 5.92 Å². The third-order valence-electron chi connectivity index (χ3n) is 5.27. The van der Waals surface area contributed by atoms with Crippen molar-refractivity contribution in [3.63, 3.8) is 0 Å². The van der Waals surface area contributed by atoms with Crippen LogP contribution in [0.15, 0.2) is 24.3 Å². The van der Waals surface area contributed by atoms with E-state index in [2.05, 4.69) is 30.4 Å². The van der Waals surface area contributed by atoms with Crippen molar-refractivity contribution >= 4 is 5.91 Å². The molecule has 1 amide bonds. The van der Waals surface area contributed by atoms with Crippen molar-refractivity contribution in [2.45, 2.75) is 51.1 Å². The molecular weight excluding hydrogens is 260 g/mol. The quantitative estimate of drug-likeness (QED) is 0.906. The number of likely N-dealkylation sites (N-methyl/N-ethyl adjacent to an activating group) is 1. The maximum atomic E-state index is 13.0. The number of carbonyl (C=O) groups is 1. The van der Waals surface area contributed by atoms with Gasteiger partial charge in [-0.15, -0.1) is 0 Å². The molecule has 0 radical (unpaired) electrons. The molecule has 3 rings (SSSR count). The molecule has 2 aliphatic rings. The van der Waals surface area contributed by atoms with E-state index < -0.39 is 0 Å². The molecular formula is C18H26N2O. The van der Waals surface area contributed by atoms with Gasteiger partial charge in [0.25, 0.3) is 0 Å². The Labute approximate surface area is 127 Å². The Bertz CT molecular complexity index is 514. The van der Waals surface area contributed by atoms with Gasteiger partial charge in [-0.3, -0.25) is 4.79 Å². The number of nitrogens with zero attached hydrogens (tertiary/aromatic N) is 1.